The maximum absolute atomic E-state index is 6.99. The Labute approximate surface area is 246 Å². The predicted octanol–water partition coefficient (Wildman–Crippen LogP) is 7.51. The van der Waals surface area contributed by atoms with Gasteiger partial charge in [-0.15, -0.1) is 0 Å². The van der Waals surface area contributed by atoms with E-state index in [2.05, 4.69) is 159 Å². The van der Waals surface area contributed by atoms with Crippen molar-refractivity contribution in [1.29, 1.82) is 0 Å². The highest BCUT2D eigenvalue weighted by atomic mass is 31.1. The van der Waals surface area contributed by atoms with Crippen molar-refractivity contribution in [3.63, 3.8) is 0 Å². The molecule has 206 valence electrons. The molecule has 1 aliphatic rings. The van der Waals surface area contributed by atoms with Crippen LogP contribution in [0, 0.1) is 0 Å². The highest BCUT2D eigenvalue weighted by Gasteiger charge is 2.47. The van der Waals surface area contributed by atoms with E-state index in [9.17, 15) is 0 Å². The van der Waals surface area contributed by atoms with Gasteiger partial charge in [0, 0.05) is 16.9 Å². The van der Waals surface area contributed by atoms with Crippen LogP contribution in [0.4, 0.5) is 0 Å². The summed E-state index contributed by atoms with van der Waals surface area (Å²) in [6.07, 6.45) is -0.527. The summed E-state index contributed by atoms with van der Waals surface area (Å²) >= 11 is 0. The molecular formula is C37H36O2P2. The normalized spacial score (nSPS) is 18.9. The zero-order chi connectivity index (χ0) is 28.0. The van der Waals surface area contributed by atoms with Crippen molar-refractivity contribution in [1.82, 2.24) is 0 Å². The average Bonchev–Trinajstić information content (AvgIpc) is 3.50. The maximum atomic E-state index is 6.99. The van der Waals surface area contributed by atoms with E-state index in [4.69, 9.17) is 9.47 Å². The molecule has 0 aromatic heterocycles. The first-order chi connectivity index (χ1) is 20.2. The first-order valence-electron chi connectivity index (χ1n) is 14.4. The fraction of sp³-hybridized carbons (Fsp3) is 0.189. The molecular weight excluding hydrogens is 538 g/mol. The van der Waals surface area contributed by atoms with Gasteiger partial charge in [-0.25, -0.2) is 0 Å². The smallest absolute Gasteiger partial charge is 0.184 e. The number of rotatable bonds is 9. The predicted molar refractivity (Wildman–Crippen MR) is 176 cm³/mol. The number of hydrogen-bond acceptors (Lipinski definition) is 2. The summed E-state index contributed by atoms with van der Waals surface area (Å²) in [6, 6.07) is 54.3. The van der Waals surface area contributed by atoms with E-state index in [0.29, 0.717) is 0 Å². The molecule has 0 unspecified atom stereocenters. The summed E-state index contributed by atoms with van der Waals surface area (Å²) < 4.78 is 14.0. The molecule has 0 amide bonds. The van der Waals surface area contributed by atoms with Crippen LogP contribution in [0.2, 0.25) is 0 Å². The van der Waals surface area contributed by atoms with E-state index in [1.807, 2.05) is 6.07 Å². The Balaban J connectivity index is 1.42. The van der Waals surface area contributed by atoms with Gasteiger partial charge in [0.1, 0.15) is 0 Å². The van der Waals surface area contributed by atoms with E-state index in [-0.39, 0.29) is 29.8 Å². The minimum atomic E-state index is -0.688. The van der Waals surface area contributed by atoms with E-state index in [1.165, 1.54) is 21.2 Å². The third kappa shape index (κ3) is 6.23. The third-order valence-corrected chi connectivity index (χ3v) is 13.5. The summed E-state index contributed by atoms with van der Waals surface area (Å²) in [7, 11) is -1.38. The lowest BCUT2D eigenvalue weighted by Gasteiger charge is -2.36. The zero-order valence-electron chi connectivity index (χ0n) is 23.5. The van der Waals surface area contributed by atoms with Crippen molar-refractivity contribution in [2.75, 3.05) is 0 Å². The molecule has 5 aromatic rings. The van der Waals surface area contributed by atoms with Crippen LogP contribution in [0.25, 0.3) is 0 Å². The Morgan fingerprint density at radius 2 is 0.683 bits per heavy atom. The van der Waals surface area contributed by atoms with Gasteiger partial charge < -0.3 is 9.47 Å². The fourth-order valence-corrected chi connectivity index (χ4v) is 11.4. The van der Waals surface area contributed by atoms with E-state index < -0.39 is 15.8 Å². The number of benzene rings is 5. The molecule has 6 rings (SSSR count). The third-order valence-electron chi connectivity index (χ3n) is 7.86. The Kier molecular flexibility index (Phi) is 9.05. The van der Waals surface area contributed by atoms with Gasteiger partial charge in [0.15, 0.2) is 6.29 Å². The Hall–Kier alpha value is -3.12. The lowest BCUT2D eigenvalue weighted by Crippen LogP contribution is -2.42. The van der Waals surface area contributed by atoms with Gasteiger partial charge in [0.25, 0.3) is 0 Å². The Bertz CT molecular complexity index is 1310. The Morgan fingerprint density at radius 3 is 0.976 bits per heavy atom. The van der Waals surface area contributed by atoms with Crippen molar-refractivity contribution < 1.29 is 9.47 Å². The van der Waals surface area contributed by atoms with Crippen molar-refractivity contribution in [3.05, 3.63) is 157 Å². The average molecular weight is 575 g/mol. The lowest BCUT2D eigenvalue weighted by atomic mass is 10.1. The second-order valence-corrected chi connectivity index (χ2v) is 15.7. The van der Waals surface area contributed by atoms with Crippen molar-refractivity contribution in [2.24, 2.45) is 0 Å². The molecule has 4 heteroatoms. The monoisotopic (exact) mass is 574 g/mol. The summed E-state index contributed by atoms with van der Waals surface area (Å²) in [5.41, 5.74) is 1.55. The fourth-order valence-electron chi connectivity index (χ4n) is 5.90. The highest BCUT2D eigenvalue weighted by molar-refractivity contribution is 7.74. The first kappa shape index (κ1) is 28.0. The second kappa shape index (κ2) is 13.2. The van der Waals surface area contributed by atoms with E-state index >= 15 is 0 Å². The molecule has 4 atom stereocenters. The topological polar surface area (TPSA) is 18.5 Å². The van der Waals surface area contributed by atoms with Gasteiger partial charge in [0.05, 0.1) is 12.2 Å². The van der Waals surface area contributed by atoms with Gasteiger partial charge >= 0.3 is 0 Å². The Morgan fingerprint density at radius 1 is 0.415 bits per heavy atom. The standard InChI is InChI=1S/C37H36O2P2/c1-28(40(31-20-10-4-11-21-31)32-22-12-5-13-23-32)35-36(39-37(38-35)30-18-8-3-9-19-30)29(2)41(33-24-14-6-15-25-33)34-26-16-7-17-27-34/h3-29,35-37H,1-2H3/t28-,29-,35-,36-/m1/s1. The lowest BCUT2D eigenvalue weighted by molar-refractivity contribution is -0.0684. The minimum Gasteiger partial charge on any atom is -0.342 e. The van der Waals surface area contributed by atoms with Gasteiger partial charge in [-0.05, 0) is 37.1 Å². The van der Waals surface area contributed by atoms with Crippen LogP contribution < -0.4 is 21.2 Å². The van der Waals surface area contributed by atoms with Crippen LogP contribution in [-0.4, -0.2) is 23.5 Å². The second-order valence-electron chi connectivity index (χ2n) is 10.5. The van der Waals surface area contributed by atoms with Crippen LogP contribution >= 0.6 is 15.8 Å². The SMILES string of the molecule is C[C@H]([C@H]1OC(c2ccccc2)O[C@@H]1[C@@H](C)P(c1ccccc1)c1ccccc1)P(c1ccccc1)c1ccccc1. The summed E-state index contributed by atoms with van der Waals surface area (Å²) in [5.74, 6) is 0. The molecule has 1 aliphatic heterocycles. The zero-order valence-corrected chi connectivity index (χ0v) is 25.3. The molecule has 0 spiro atoms. The molecule has 0 bridgehead atoms. The highest BCUT2D eigenvalue weighted by Crippen LogP contribution is 2.51. The van der Waals surface area contributed by atoms with Crippen LogP contribution in [0.3, 0.4) is 0 Å². The van der Waals surface area contributed by atoms with Gasteiger partial charge in [0.2, 0.25) is 0 Å². The minimum absolute atomic E-state index is 0.0702. The van der Waals surface area contributed by atoms with Crippen LogP contribution in [-0.2, 0) is 9.47 Å². The molecule has 0 aliphatic carbocycles. The van der Waals surface area contributed by atoms with Gasteiger partial charge in [-0.2, -0.15) is 0 Å². The molecule has 0 saturated carbocycles. The largest absolute Gasteiger partial charge is 0.342 e. The molecule has 41 heavy (non-hydrogen) atoms. The van der Waals surface area contributed by atoms with Gasteiger partial charge in [-0.3, -0.25) is 0 Å². The molecule has 0 N–H and O–H groups in total. The molecule has 1 fully saturated rings. The maximum Gasteiger partial charge on any atom is 0.184 e. The van der Waals surface area contributed by atoms with E-state index in [1.54, 1.807) is 0 Å². The van der Waals surface area contributed by atoms with Crippen molar-refractivity contribution in [2.45, 2.75) is 43.7 Å². The molecule has 1 saturated heterocycles. The molecule has 0 radical (unpaired) electrons. The number of hydrogen-bond donors (Lipinski definition) is 0. The number of ether oxygens (including phenoxy) is 2. The summed E-state index contributed by atoms with van der Waals surface area (Å²) in [6.45, 7) is 4.75. The van der Waals surface area contributed by atoms with Crippen LogP contribution in [0.1, 0.15) is 25.7 Å². The molecule has 2 nitrogen and oxygen atoms in total. The molecule has 5 aromatic carbocycles. The van der Waals surface area contributed by atoms with Crippen LogP contribution in [0.5, 0.6) is 0 Å². The quantitative estimate of drug-likeness (QED) is 0.170. The summed E-state index contributed by atoms with van der Waals surface area (Å²) in [4.78, 5) is 0. The summed E-state index contributed by atoms with van der Waals surface area (Å²) in [5, 5.41) is 5.47. The van der Waals surface area contributed by atoms with E-state index in [0.717, 1.165) is 5.56 Å². The van der Waals surface area contributed by atoms with Gasteiger partial charge in [-0.1, -0.05) is 166 Å². The van der Waals surface area contributed by atoms with Crippen molar-refractivity contribution >= 4 is 37.1 Å². The van der Waals surface area contributed by atoms with Crippen LogP contribution in [0.15, 0.2) is 152 Å². The van der Waals surface area contributed by atoms with Crippen molar-refractivity contribution in [3.8, 4) is 0 Å². The first-order valence-corrected chi connectivity index (χ1v) is 17.2. The molecule has 1 heterocycles.